The summed E-state index contributed by atoms with van der Waals surface area (Å²) in [5.74, 6) is 0.142. The highest BCUT2D eigenvalue weighted by atomic mass is 32.1. The number of para-hydroxylation sites is 2. The number of benzene rings is 1. The van der Waals surface area contributed by atoms with Gasteiger partial charge in [-0.1, -0.05) is 18.2 Å². The van der Waals surface area contributed by atoms with E-state index in [1.54, 1.807) is 17.7 Å². The van der Waals surface area contributed by atoms with Gasteiger partial charge in [0, 0.05) is 24.1 Å². The Bertz CT molecular complexity index is 837. The third-order valence-corrected chi connectivity index (χ3v) is 5.55. The Kier molecular flexibility index (Phi) is 4.81. The zero-order chi connectivity index (χ0) is 17.1. The summed E-state index contributed by atoms with van der Waals surface area (Å²) < 4.78 is 7.42. The first-order valence-electron chi connectivity index (χ1n) is 8.61. The highest BCUT2D eigenvalue weighted by Gasteiger charge is 2.26. The van der Waals surface area contributed by atoms with E-state index in [0.717, 1.165) is 37.1 Å². The Morgan fingerprint density at radius 3 is 2.88 bits per heavy atom. The maximum Gasteiger partial charge on any atom is 0.243 e. The molecule has 6 heteroatoms. The van der Waals surface area contributed by atoms with Gasteiger partial charge in [0.1, 0.15) is 6.54 Å². The normalized spacial score (nSPS) is 15.5. The molecule has 0 atom stereocenters. The molecule has 25 heavy (non-hydrogen) atoms. The van der Waals surface area contributed by atoms with Gasteiger partial charge in [0.15, 0.2) is 0 Å². The molecule has 0 bridgehead atoms. The number of aromatic nitrogens is 2. The fourth-order valence-corrected chi connectivity index (χ4v) is 4.06. The molecule has 1 fully saturated rings. The van der Waals surface area contributed by atoms with E-state index in [1.165, 1.54) is 4.88 Å². The van der Waals surface area contributed by atoms with Gasteiger partial charge in [0.2, 0.25) is 5.91 Å². The minimum absolute atomic E-state index is 0.142. The third kappa shape index (κ3) is 3.60. The molecule has 0 radical (unpaired) electrons. The molecule has 1 aliphatic heterocycles. The molecule has 2 aromatic heterocycles. The standard InChI is InChI=1S/C19H21N3O2S/c23-19(13-21-14-20-17-5-1-2-6-18(17)21)22(12-16-4-3-11-25-16)15-7-9-24-10-8-15/h1-6,11,14-15H,7-10,12-13H2. The second-order valence-electron chi connectivity index (χ2n) is 6.31. The molecule has 1 saturated heterocycles. The van der Waals surface area contributed by atoms with Gasteiger partial charge in [-0.05, 0) is 36.4 Å². The molecule has 5 nitrogen and oxygen atoms in total. The number of rotatable bonds is 5. The summed E-state index contributed by atoms with van der Waals surface area (Å²) in [6.45, 7) is 2.46. The smallest absolute Gasteiger partial charge is 0.243 e. The number of carbonyl (C=O) groups is 1. The Morgan fingerprint density at radius 2 is 2.08 bits per heavy atom. The molecule has 3 aromatic rings. The van der Waals surface area contributed by atoms with Gasteiger partial charge < -0.3 is 14.2 Å². The number of ether oxygens (including phenoxy) is 1. The lowest BCUT2D eigenvalue weighted by atomic mass is 10.1. The van der Waals surface area contributed by atoms with Crippen molar-refractivity contribution in [3.05, 3.63) is 53.0 Å². The number of nitrogens with zero attached hydrogens (tertiary/aromatic N) is 3. The van der Waals surface area contributed by atoms with Crippen LogP contribution in [-0.4, -0.2) is 39.6 Å². The number of fused-ring (bicyclic) bond motifs is 1. The zero-order valence-electron chi connectivity index (χ0n) is 14.0. The van der Waals surface area contributed by atoms with Crippen LogP contribution in [0.3, 0.4) is 0 Å². The summed E-state index contributed by atoms with van der Waals surface area (Å²) in [6, 6.07) is 12.3. The van der Waals surface area contributed by atoms with Gasteiger partial charge >= 0.3 is 0 Å². The molecule has 0 unspecified atom stereocenters. The molecule has 0 spiro atoms. The summed E-state index contributed by atoms with van der Waals surface area (Å²) in [5.41, 5.74) is 1.92. The van der Waals surface area contributed by atoms with Gasteiger partial charge in [0.05, 0.1) is 23.9 Å². The van der Waals surface area contributed by atoms with Gasteiger partial charge in [0.25, 0.3) is 0 Å². The Morgan fingerprint density at radius 1 is 1.24 bits per heavy atom. The topological polar surface area (TPSA) is 47.4 Å². The molecule has 0 N–H and O–H groups in total. The summed E-state index contributed by atoms with van der Waals surface area (Å²) in [4.78, 5) is 20.8. The highest BCUT2D eigenvalue weighted by molar-refractivity contribution is 7.09. The van der Waals surface area contributed by atoms with Gasteiger partial charge in [-0.15, -0.1) is 11.3 Å². The van der Waals surface area contributed by atoms with E-state index in [4.69, 9.17) is 4.74 Å². The van der Waals surface area contributed by atoms with Crippen molar-refractivity contribution >= 4 is 28.3 Å². The largest absolute Gasteiger partial charge is 0.381 e. The van der Waals surface area contributed by atoms with E-state index in [2.05, 4.69) is 16.4 Å². The van der Waals surface area contributed by atoms with Crippen LogP contribution < -0.4 is 0 Å². The molecule has 1 aromatic carbocycles. The van der Waals surface area contributed by atoms with Crippen molar-refractivity contribution in [2.45, 2.75) is 32.0 Å². The van der Waals surface area contributed by atoms with E-state index in [0.29, 0.717) is 13.1 Å². The Balaban J connectivity index is 1.56. The van der Waals surface area contributed by atoms with Crippen molar-refractivity contribution < 1.29 is 9.53 Å². The van der Waals surface area contributed by atoms with Crippen LogP contribution in [0.4, 0.5) is 0 Å². The SMILES string of the molecule is O=C(Cn1cnc2ccccc21)N(Cc1cccs1)C1CCOCC1. The minimum Gasteiger partial charge on any atom is -0.381 e. The Hall–Kier alpha value is -2.18. The first-order valence-corrected chi connectivity index (χ1v) is 9.49. The quantitative estimate of drug-likeness (QED) is 0.705. The molecule has 0 aliphatic carbocycles. The lowest BCUT2D eigenvalue weighted by Crippen LogP contribution is -2.44. The number of carbonyl (C=O) groups excluding carboxylic acids is 1. The fraction of sp³-hybridized carbons (Fsp3) is 0.368. The van der Waals surface area contributed by atoms with E-state index >= 15 is 0 Å². The monoisotopic (exact) mass is 355 g/mol. The van der Waals surface area contributed by atoms with Crippen molar-refractivity contribution in [3.63, 3.8) is 0 Å². The molecule has 1 amide bonds. The number of hydrogen-bond acceptors (Lipinski definition) is 4. The molecule has 4 rings (SSSR count). The zero-order valence-corrected chi connectivity index (χ0v) is 14.8. The summed E-state index contributed by atoms with van der Waals surface area (Å²) >= 11 is 1.70. The predicted molar refractivity (Wildman–Crippen MR) is 98.4 cm³/mol. The predicted octanol–water partition coefficient (Wildman–Crippen LogP) is 3.31. The molecule has 0 saturated carbocycles. The van der Waals surface area contributed by atoms with Crippen LogP contribution >= 0.6 is 11.3 Å². The van der Waals surface area contributed by atoms with Crippen LogP contribution in [0.1, 0.15) is 17.7 Å². The maximum atomic E-state index is 13.1. The van der Waals surface area contributed by atoms with Crippen LogP contribution in [0, 0.1) is 0 Å². The average molecular weight is 355 g/mol. The van der Waals surface area contributed by atoms with E-state index in [-0.39, 0.29) is 11.9 Å². The average Bonchev–Trinajstić information content (AvgIpc) is 3.31. The second-order valence-corrected chi connectivity index (χ2v) is 7.34. The van der Waals surface area contributed by atoms with Crippen LogP contribution in [-0.2, 0) is 22.6 Å². The number of imidazole rings is 1. The fourth-order valence-electron chi connectivity index (χ4n) is 3.36. The first-order chi connectivity index (χ1) is 12.3. The van der Waals surface area contributed by atoms with Crippen molar-refractivity contribution in [2.75, 3.05) is 13.2 Å². The van der Waals surface area contributed by atoms with Gasteiger partial charge in [-0.2, -0.15) is 0 Å². The van der Waals surface area contributed by atoms with E-state index in [9.17, 15) is 4.79 Å². The first kappa shape index (κ1) is 16.3. The number of amides is 1. The van der Waals surface area contributed by atoms with Crippen molar-refractivity contribution in [3.8, 4) is 0 Å². The summed E-state index contributed by atoms with van der Waals surface area (Å²) in [5, 5.41) is 2.06. The molecule has 130 valence electrons. The maximum absolute atomic E-state index is 13.1. The lowest BCUT2D eigenvalue weighted by molar-refractivity contribution is -0.136. The van der Waals surface area contributed by atoms with Crippen LogP contribution in [0.5, 0.6) is 0 Å². The van der Waals surface area contributed by atoms with Crippen molar-refractivity contribution in [1.82, 2.24) is 14.5 Å². The third-order valence-electron chi connectivity index (χ3n) is 4.69. The number of thiophene rings is 1. The summed E-state index contributed by atoms with van der Waals surface area (Å²) in [6.07, 6.45) is 3.57. The van der Waals surface area contributed by atoms with Crippen molar-refractivity contribution in [2.24, 2.45) is 0 Å². The minimum atomic E-state index is 0.142. The Labute approximate surface area is 150 Å². The van der Waals surface area contributed by atoms with E-state index in [1.807, 2.05) is 39.8 Å². The second kappa shape index (κ2) is 7.37. The number of hydrogen-bond donors (Lipinski definition) is 0. The molecular formula is C19H21N3O2S. The lowest BCUT2D eigenvalue weighted by Gasteiger charge is -2.34. The van der Waals surface area contributed by atoms with Gasteiger partial charge in [-0.3, -0.25) is 4.79 Å². The molecular weight excluding hydrogens is 334 g/mol. The molecule has 3 heterocycles. The molecule has 1 aliphatic rings. The summed E-state index contributed by atoms with van der Waals surface area (Å²) in [7, 11) is 0. The van der Waals surface area contributed by atoms with E-state index < -0.39 is 0 Å². The van der Waals surface area contributed by atoms with Gasteiger partial charge in [-0.25, -0.2) is 4.98 Å². The van der Waals surface area contributed by atoms with Crippen LogP contribution in [0.25, 0.3) is 11.0 Å². The van der Waals surface area contributed by atoms with Crippen LogP contribution in [0.15, 0.2) is 48.1 Å². The van der Waals surface area contributed by atoms with Crippen molar-refractivity contribution in [1.29, 1.82) is 0 Å². The van der Waals surface area contributed by atoms with Crippen LogP contribution in [0.2, 0.25) is 0 Å². The highest BCUT2D eigenvalue weighted by Crippen LogP contribution is 2.21.